The molecule has 0 fully saturated rings. The van der Waals surface area contributed by atoms with Crippen LogP contribution in [0.1, 0.15) is 45.2 Å². The van der Waals surface area contributed by atoms with Gasteiger partial charge in [0.15, 0.2) is 0 Å². The summed E-state index contributed by atoms with van der Waals surface area (Å²) in [6.45, 7) is 3.35. The fraction of sp³-hybridized carbons (Fsp3) is 0.571. The van der Waals surface area contributed by atoms with Crippen molar-refractivity contribution in [3.05, 3.63) is 18.2 Å². The highest BCUT2D eigenvalue weighted by Gasteiger charge is 2.33. The number of amides is 4. The molecule has 0 aliphatic rings. The third-order valence-corrected chi connectivity index (χ3v) is 5.43. The summed E-state index contributed by atoms with van der Waals surface area (Å²) in [5.41, 5.74) is 11.4. The van der Waals surface area contributed by atoms with Crippen LogP contribution in [0.4, 0.5) is 0 Å². The summed E-state index contributed by atoms with van der Waals surface area (Å²) in [5, 5.41) is 25.5. The van der Waals surface area contributed by atoms with Crippen molar-refractivity contribution < 1.29 is 39.0 Å². The molecule has 200 valence electrons. The van der Waals surface area contributed by atoms with Gasteiger partial charge in [0.1, 0.15) is 18.1 Å². The van der Waals surface area contributed by atoms with Crippen LogP contribution in [-0.2, 0) is 35.2 Å². The Kier molecular flexibility index (Phi) is 12.0. The molecule has 1 aromatic rings. The predicted octanol–water partition coefficient (Wildman–Crippen LogP) is -2.40. The number of H-pyrrole nitrogens is 1. The van der Waals surface area contributed by atoms with Crippen molar-refractivity contribution in [3.63, 3.8) is 0 Å². The average Bonchev–Trinajstić information content (AvgIpc) is 3.31. The molecule has 0 aliphatic heterocycles. The van der Waals surface area contributed by atoms with Gasteiger partial charge in [0.2, 0.25) is 23.6 Å². The molecule has 36 heavy (non-hydrogen) atoms. The summed E-state index contributed by atoms with van der Waals surface area (Å²) in [7, 11) is 0. The molecule has 0 saturated carbocycles. The third-order valence-electron chi connectivity index (χ3n) is 5.43. The summed E-state index contributed by atoms with van der Waals surface area (Å²) < 4.78 is 0. The zero-order valence-electron chi connectivity index (χ0n) is 20.0. The molecule has 0 radical (unpaired) electrons. The van der Waals surface area contributed by atoms with Crippen molar-refractivity contribution >= 4 is 35.6 Å². The summed E-state index contributed by atoms with van der Waals surface area (Å²) in [4.78, 5) is 78.6. The fourth-order valence-corrected chi connectivity index (χ4v) is 3.15. The monoisotopic (exact) mass is 511 g/mol. The summed E-state index contributed by atoms with van der Waals surface area (Å²) >= 11 is 0. The van der Waals surface area contributed by atoms with Crippen molar-refractivity contribution in [3.8, 4) is 0 Å². The maximum absolute atomic E-state index is 12.9. The SMILES string of the molecule is CCC(C)C(NC(=O)C(CC(=O)O)NC(=O)C(N)Cc1cnc[nH]1)C(=O)NC(CCC(N)=O)C(=O)O. The molecule has 0 saturated heterocycles. The number of hydrogen-bond acceptors (Lipinski definition) is 8. The van der Waals surface area contributed by atoms with Gasteiger partial charge in [0.05, 0.1) is 18.8 Å². The molecular weight excluding hydrogens is 478 g/mol. The number of hydrogen-bond donors (Lipinski definition) is 8. The van der Waals surface area contributed by atoms with Gasteiger partial charge in [-0.15, -0.1) is 0 Å². The number of nitrogens with zero attached hydrogens (tertiary/aromatic N) is 1. The molecule has 15 heteroatoms. The van der Waals surface area contributed by atoms with Crippen LogP contribution >= 0.6 is 0 Å². The van der Waals surface area contributed by atoms with E-state index in [9.17, 15) is 39.0 Å². The Labute approximate surface area is 206 Å². The lowest BCUT2D eigenvalue weighted by atomic mass is 9.97. The summed E-state index contributed by atoms with van der Waals surface area (Å²) in [5.74, 6) is -6.66. The van der Waals surface area contributed by atoms with E-state index in [0.717, 1.165) is 0 Å². The van der Waals surface area contributed by atoms with Crippen molar-refractivity contribution in [1.29, 1.82) is 0 Å². The number of nitrogens with one attached hydrogen (secondary N) is 4. The second kappa shape index (κ2) is 14.4. The Balaban J connectivity index is 2.97. The molecule has 1 aromatic heterocycles. The number of carbonyl (C=O) groups is 6. The Morgan fingerprint density at radius 2 is 1.67 bits per heavy atom. The molecule has 0 aliphatic carbocycles. The number of aromatic nitrogens is 2. The number of primary amides is 1. The van der Waals surface area contributed by atoms with Gasteiger partial charge in [-0.25, -0.2) is 9.78 Å². The lowest BCUT2D eigenvalue weighted by molar-refractivity contribution is -0.144. The Bertz CT molecular complexity index is 937. The molecule has 10 N–H and O–H groups in total. The topological polar surface area (TPSA) is 260 Å². The van der Waals surface area contributed by atoms with Crippen LogP contribution in [0.15, 0.2) is 12.5 Å². The van der Waals surface area contributed by atoms with Crippen molar-refractivity contribution in [2.45, 2.75) is 70.1 Å². The van der Waals surface area contributed by atoms with Crippen LogP contribution in [-0.4, -0.2) is 79.9 Å². The Hall–Kier alpha value is -4.01. The molecule has 1 rings (SSSR count). The first-order valence-corrected chi connectivity index (χ1v) is 11.2. The molecule has 1 heterocycles. The van der Waals surface area contributed by atoms with E-state index in [2.05, 4.69) is 25.9 Å². The maximum atomic E-state index is 12.9. The Morgan fingerprint density at radius 1 is 1.03 bits per heavy atom. The molecule has 0 spiro atoms. The normalized spacial score (nSPS) is 15.0. The average molecular weight is 512 g/mol. The van der Waals surface area contributed by atoms with Crippen molar-refractivity contribution in [1.82, 2.24) is 25.9 Å². The van der Waals surface area contributed by atoms with E-state index in [1.54, 1.807) is 13.8 Å². The number of carboxylic acid groups (broad SMARTS) is 2. The maximum Gasteiger partial charge on any atom is 0.326 e. The van der Waals surface area contributed by atoms with Gasteiger partial charge in [0, 0.05) is 24.7 Å². The predicted molar refractivity (Wildman–Crippen MR) is 124 cm³/mol. The van der Waals surface area contributed by atoms with Crippen LogP contribution < -0.4 is 27.4 Å². The van der Waals surface area contributed by atoms with E-state index in [1.165, 1.54) is 12.5 Å². The van der Waals surface area contributed by atoms with E-state index in [4.69, 9.17) is 11.5 Å². The van der Waals surface area contributed by atoms with Crippen molar-refractivity contribution in [2.75, 3.05) is 0 Å². The zero-order valence-corrected chi connectivity index (χ0v) is 20.0. The van der Waals surface area contributed by atoms with E-state index in [-0.39, 0.29) is 19.3 Å². The zero-order chi connectivity index (χ0) is 27.4. The largest absolute Gasteiger partial charge is 0.481 e. The van der Waals surface area contributed by atoms with Crippen LogP contribution in [0, 0.1) is 5.92 Å². The van der Waals surface area contributed by atoms with Gasteiger partial charge in [-0.2, -0.15) is 0 Å². The van der Waals surface area contributed by atoms with Crippen LogP contribution in [0.2, 0.25) is 0 Å². The molecule has 5 atom stereocenters. The number of aliphatic carboxylic acids is 2. The third kappa shape index (κ3) is 10.1. The molecule has 0 aromatic carbocycles. The lowest BCUT2D eigenvalue weighted by Crippen LogP contribution is -2.59. The van der Waals surface area contributed by atoms with E-state index >= 15 is 0 Å². The highest BCUT2D eigenvalue weighted by molar-refractivity contribution is 5.95. The molecule has 0 bridgehead atoms. The molecule has 15 nitrogen and oxygen atoms in total. The first-order valence-electron chi connectivity index (χ1n) is 11.2. The number of carboxylic acids is 2. The first kappa shape index (κ1) is 30.0. The van der Waals surface area contributed by atoms with Gasteiger partial charge >= 0.3 is 11.9 Å². The second-order valence-corrected chi connectivity index (χ2v) is 8.32. The smallest absolute Gasteiger partial charge is 0.326 e. The minimum atomic E-state index is -1.56. The minimum Gasteiger partial charge on any atom is -0.481 e. The van der Waals surface area contributed by atoms with Crippen LogP contribution in [0.3, 0.4) is 0 Å². The quantitative estimate of drug-likeness (QED) is 0.117. The second-order valence-electron chi connectivity index (χ2n) is 8.32. The van der Waals surface area contributed by atoms with Crippen LogP contribution in [0.25, 0.3) is 0 Å². The molecule has 5 unspecified atom stereocenters. The standard InChI is InChI=1S/C21H33N7O8/c1-3-10(2)17(20(34)26-13(21(35)36)4-5-15(23)29)28-19(33)14(7-16(30)31)27-18(32)12(22)6-11-8-24-9-25-11/h8-10,12-14,17H,3-7,22H2,1-2H3,(H2,23,29)(H,24,25)(H,26,34)(H,27,32)(H,28,33)(H,30,31)(H,35,36). The lowest BCUT2D eigenvalue weighted by Gasteiger charge is -2.27. The van der Waals surface area contributed by atoms with Crippen LogP contribution in [0.5, 0.6) is 0 Å². The number of imidazole rings is 1. The van der Waals surface area contributed by atoms with E-state index < -0.39 is 72.1 Å². The van der Waals surface area contributed by atoms with Gasteiger partial charge in [-0.05, 0) is 12.3 Å². The number of rotatable bonds is 16. The van der Waals surface area contributed by atoms with Crippen molar-refractivity contribution in [2.24, 2.45) is 17.4 Å². The van der Waals surface area contributed by atoms with E-state index in [0.29, 0.717) is 12.1 Å². The van der Waals surface area contributed by atoms with Gasteiger partial charge < -0.3 is 42.6 Å². The number of nitrogens with two attached hydrogens (primary N) is 2. The summed E-state index contributed by atoms with van der Waals surface area (Å²) in [6.07, 6.45) is 1.95. The Morgan fingerprint density at radius 3 is 2.17 bits per heavy atom. The minimum absolute atomic E-state index is 0.0486. The summed E-state index contributed by atoms with van der Waals surface area (Å²) in [6, 6.07) is -5.38. The molecule has 4 amide bonds. The highest BCUT2D eigenvalue weighted by atomic mass is 16.4. The van der Waals surface area contributed by atoms with E-state index in [1.807, 2.05) is 0 Å². The highest BCUT2D eigenvalue weighted by Crippen LogP contribution is 2.10. The first-order chi connectivity index (χ1) is 16.8. The van der Waals surface area contributed by atoms with Gasteiger partial charge in [0.25, 0.3) is 0 Å². The fourth-order valence-electron chi connectivity index (χ4n) is 3.15. The number of aromatic amines is 1. The van der Waals surface area contributed by atoms with Gasteiger partial charge in [-0.1, -0.05) is 20.3 Å². The molecular formula is C21H33N7O8. The van der Waals surface area contributed by atoms with Gasteiger partial charge in [-0.3, -0.25) is 24.0 Å². The number of carbonyl (C=O) groups excluding carboxylic acids is 4.